The Morgan fingerprint density at radius 3 is 2.42 bits per heavy atom. The van der Waals surface area contributed by atoms with E-state index in [1.807, 2.05) is 0 Å². The van der Waals surface area contributed by atoms with Gasteiger partial charge in [0.05, 0.1) is 6.54 Å². The normalized spacial score (nSPS) is 20.4. The van der Waals surface area contributed by atoms with Crippen LogP contribution in [0, 0.1) is 11.6 Å². The number of nitrogens with zero attached hydrogens (tertiary/aromatic N) is 1. The van der Waals surface area contributed by atoms with Crippen LogP contribution in [0.5, 0.6) is 0 Å². The van der Waals surface area contributed by atoms with Gasteiger partial charge in [-0.3, -0.25) is 9.69 Å². The van der Waals surface area contributed by atoms with Crippen LogP contribution in [-0.4, -0.2) is 16.8 Å². The fraction of sp³-hybridized carbons (Fsp3) is 0.176. The number of urea groups is 1. The van der Waals surface area contributed by atoms with Crippen LogP contribution < -0.4 is 5.32 Å². The van der Waals surface area contributed by atoms with E-state index >= 15 is 0 Å². The lowest BCUT2D eigenvalue weighted by Crippen LogP contribution is -2.40. The molecule has 0 saturated carbocycles. The molecule has 124 valence electrons. The Labute approximate surface area is 142 Å². The van der Waals surface area contributed by atoms with E-state index in [1.54, 1.807) is 0 Å². The van der Waals surface area contributed by atoms with E-state index in [4.69, 9.17) is 11.6 Å². The van der Waals surface area contributed by atoms with Gasteiger partial charge >= 0.3 is 6.03 Å². The molecule has 3 rings (SSSR count). The summed E-state index contributed by atoms with van der Waals surface area (Å²) in [4.78, 5) is 25.9. The Hall–Kier alpha value is -2.47. The lowest BCUT2D eigenvalue weighted by Gasteiger charge is -2.22. The molecule has 1 heterocycles. The van der Waals surface area contributed by atoms with Gasteiger partial charge in [-0.05, 0) is 36.8 Å². The van der Waals surface area contributed by atoms with E-state index in [0.717, 1.165) is 4.90 Å². The molecule has 2 aromatic carbocycles. The zero-order valence-corrected chi connectivity index (χ0v) is 13.4. The van der Waals surface area contributed by atoms with E-state index in [0.29, 0.717) is 5.56 Å². The molecule has 24 heavy (non-hydrogen) atoms. The summed E-state index contributed by atoms with van der Waals surface area (Å²) in [6.07, 6.45) is 0. The molecule has 1 saturated heterocycles. The van der Waals surface area contributed by atoms with Crippen LogP contribution in [0.1, 0.15) is 18.1 Å². The van der Waals surface area contributed by atoms with Crippen LogP contribution in [0.3, 0.4) is 0 Å². The zero-order chi connectivity index (χ0) is 17.5. The summed E-state index contributed by atoms with van der Waals surface area (Å²) in [5, 5.41) is 2.71. The summed E-state index contributed by atoms with van der Waals surface area (Å²) in [7, 11) is 0. The number of benzene rings is 2. The van der Waals surface area contributed by atoms with Crippen molar-refractivity contribution in [1.29, 1.82) is 0 Å². The molecule has 0 aromatic heterocycles. The van der Waals surface area contributed by atoms with E-state index in [2.05, 4.69) is 5.32 Å². The van der Waals surface area contributed by atoms with Gasteiger partial charge in [0.15, 0.2) is 0 Å². The highest BCUT2D eigenvalue weighted by Crippen LogP contribution is 2.31. The van der Waals surface area contributed by atoms with Crippen LogP contribution in [0.25, 0.3) is 0 Å². The quantitative estimate of drug-likeness (QED) is 0.860. The molecule has 7 heteroatoms. The van der Waals surface area contributed by atoms with E-state index in [1.165, 1.54) is 49.4 Å². The van der Waals surface area contributed by atoms with Gasteiger partial charge in [0.2, 0.25) is 0 Å². The lowest BCUT2D eigenvalue weighted by atomic mass is 9.92. The summed E-state index contributed by atoms with van der Waals surface area (Å²) < 4.78 is 27.0. The second-order valence-electron chi connectivity index (χ2n) is 5.65. The predicted octanol–water partition coefficient (Wildman–Crippen LogP) is 3.59. The van der Waals surface area contributed by atoms with Gasteiger partial charge in [0, 0.05) is 10.6 Å². The third kappa shape index (κ3) is 2.63. The second kappa shape index (κ2) is 5.87. The zero-order valence-electron chi connectivity index (χ0n) is 12.6. The van der Waals surface area contributed by atoms with Crippen molar-refractivity contribution in [1.82, 2.24) is 10.2 Å². The Bertz CT molecular complexity index is 806. The fourth-order valence-corrected chi connectivity index (χ4v) is 2.88. The lowest BCUT2D eigenvalue weighted by molar-refractivity contribution is -0.131. The first-order valence-corrected chi connectivity index (χ1v) is 7.54. The fourth-order valence-electron chi connectivity index (χ4n) is 2.66. The van der Waals surface area contributed by atoms with Crippen LogP contribution in [-0.2, 0) is 16.9 Å². The molecule has 2 aromatic rings. The second-order valence-corrected chi connectivity index (χ2v) is 6.06. The van der Waals surface area contributed by atoms with Gasteiger partial charge in [-0.2, -0.15) is 0 Å². The number of imide groups is 1. The minimum atomic E-state index is -1.34. The van der Waals surface area contributed by atoms with Gasteiger partial charge < -0.3 is 5.32 Å². The van der Waals surface area contributed by atoms with Crippen LogP contribution in [0.15, 0.2) is 42.5 Å². The summed E-state index contributed by atoms with van der Waals surface area (Å²) in [5.41, 5.74) is -0.849. The first-order valence-electron chi connectivity index (χ1n) is 7.16. The standard InChI is InChI=1S/C17H13ClF2N2O2/c1-17(10-5-7-11(19)8-6-10)15(23)22(16(24)21-17)9-12-13(18)3-2-4-14(12)20/h2-8H,9H2,1H3,(H,21,24). The Kier molecular flexibility index (Phi) is 4.01. The number of carbonyl (C=O) groups excluding carboxylic acids is 2. The minimum Gasteiger partial charge on any atom is -0.319 e. The molecule has 1 aliphatic heterocycles. The molecule has 0 spiro atoms. The highest BCUT2D eigenvalue weighted by atomic mass is 35.5. The average molecular weight is 351 g/mol. The maximum atomic E-state index is 13.9. The summed E-state index contributed by atoms with van der Waals surface area (Å²) in [6.45, 7) is 1.23. The van der Waals surface area contributed by atoms with Crippen LogP contribution >= 0.6 is 11.6 Å². The molecule has 0 bridgehead atoms. The highest BCUT2D eigenvalue weighted by Gasteiger charge is 2.49. The molecule has 1 N–H and O–H groups in total. The monoisotopic (exact) mass is 350 g/mol. The molecular formula is C17H13ClF2N2O2. The predicted molar refractivity (Wildman–Crippen MR) is 84.2 cm³/mol. The van der Waals surface area contributed by atoms with E-state index < -0.39 is 29.1 Å². The van der Waals surface area contributed by atoms with E-state index in [9.17, 15) is 18.4 Å². The molecule has 1 aliphatic rings. The van der Waals surface area contributed by atoms with Gasteiger partial charge in [0.25, 0.3) is 5.91 Å². The van der Waals surface area contributed by atoms with Crippen molar-refractivity contribution in [2.45, 2.75) is 19.0 Å². The first kappa shape index (κ1) is 16.4. The van der Waals surface area contributed by atoms with Gasteiger partial charge in [-0.25, -0.2) is 13.6 Å². The minimum absolute atomic E-state index is 0.0611. The first-order chi connectivity index (χ1) is 11.3. The maximum absolute atomic E-state index is 13.9. The maximum Gasteiger partial charge on any atom is 0.325 e. The summed E-state index contributed by atoms with van der Waals surface area (Å²) >= 11 is 5.96. The van der Waals surface area contributed by atoms with E-state index in [-0.39, 0.29) is 17.1 Å². The van der Waals surface area contributed by atoms with Gasteiger partial charge in [-0.15, -0.1) is 0 Å². The van der Waals surface area contributed by atoms with Gasteiger partial charge in [-0.1, -0.05) is 29.8 Å². The molecule has 0 aliphatic carbocycles. The topological polar surface area (TPSA) is 49.4 Å². The van der Waals surface area contributed by atoms with Crippen LogP contribution in [0.2, 0.25) is 5.02 Å². The van der Waals surface area contributed by atoms with Crippen molar-refractivity contribution in [3.05, 3.63) is 70.2 Å². The third-order valence-electron chi connectivity index (χ3n) is 4.07. The molecule has 0 radical (unpaired) electrons. The van der Waals surface area contributed by atoms with Crippen molar-refractivity contribution in [3.63, 3.8) is 0 Å². The van der Waals surface area contributed by atoms with Crippen molar-refractivity contribution in [3.8, 4) is 0 Å². The summed E-state index contributed by atoms with van der Waals surface area (Å²) in [6, 6.07) is 8.73. The Morgan fingerprint density at radius 2 is 1.79 bits per heavy atom. The molecular weight excluding hydrogens is 338 g/mol. The number of halogens is 3. The number of nitrogens with one attached hydrogen (secondary N) is 1. The molecule has 3 amide bonds. The average Bonchev–Trinajstić information content (AvgIpc) is 2.75. The number of hydrogen-bond acceptors (Lipinski definition) is 2. The molecule has 1 unspecified atom stereocenters. The largest absolute Gasteiger partial charge is 0.325 e. The summed E-state index contributed by atoms with van der Waals surface area (Å²) in [5.74, 6) is -1.61. The number of carbonyl (C=O) groups is 2. The Balaban J connectivity index is 1.93. The van der Waals surface area contributed by atoms with Crippen molar-refractivity contribution in [2.75, 3.05) is 0 Å². The smallest absolute Gasteiger partial charge is 0.319 e. The number of amides is 3. The van der Waals surface area contributed by atoms with Crippen LogP contribution in [0.4, 0.5) is 13.6 Å². The Morgan fingerprint density at radius 1 is 1.12 bits per heavy atom. The van der Waals surface area contributed by atoms with Gasteiger partial charge in [0.1, 0.15) is 17.2 Å². The third-order valence-corrected chi connectivity index (χ3v) is 4.43. The molecule has 1 atom stereocenters. The van der Waals surface area contributed by atoms with Crippen molar-refractivity contribution >= 4 is 23.5 Å². The number of rotatable bonds is 3. The SMILES string of the molecule is CC1(c2ccc(F)cc2)NC(=O)N(Cc2c(F)cccc2Cl)C1=O. The highest BCUT2D eigenvalue weighted by molar-refractivity contribution is 6.31. The molecule has 4 nitrogen and oxygen atoms in total. The molecule has 1 fully saturated rings. The van der Waals surface area contributed by atoms with Crippen molar-refractivity contribution in [2.24, 2.45) is 0 Å². The van der Waals surface area contributed by atoms with Crippen molar-refractivity contribution < 1.29 is 18.4 Å². The number of hydrogen-bond donors (Lipinski definition) is 1.